The van der Waals surface area contributed by atoms with Crippen LogP contribution in [0.1, 0.15) is 28.8 Å². The highest BCUT2D eigenvalue weighted by Crippen LogP contribution is 2.22. The standard InChI is InChI=1S/C20H20FN3O2/c21-15-10-17(19-18(11-15)22-13-23-19)20(25)24-8-6-16(7-9-24)26-12-14-4-2-1-3-5-14/h1-5,10-11,13,16H,6-9,12H2,(H,22,23). The molecule has 26 heavy (non-hydrogen) atoms. The molecule has 0 spiro atoms. The second kappa shape index (κ2) is 7.25. The van der Waals surface area contributed by atoms with Crippen LogP contribution in [0.3, 0.4) is 0 Å². The number of carbonyl (C=O) groups is 1. The van der Waals surface area contributed by atoms with Crippen LogP contribution in [0.4, 0.5) is 4.39 Å². The molecule has 2 aromatic carbocycles. The summed E-state index contributed by atoms with van der Waals surface area (Å²) in [7, 11) is 0. The number of ether oxygens (including phenoxy) is 1. The molecular weight excluding hydrogens is 333 g/mol. The molecule has 0 atom stereocenters. The monoisotopic (exact) mass is 353 g/mol. The van der Waals surface area contributed by atoms with E-state index in [-0.39, 0.29) is 12.0 Å². The van der Waals surface area contributed by atoms with E-state index in [0.717, 1.165) is 18.4 Å². The minimum Gasteiger partial charge on any atom is -0.373 e. The van der Waals surface area contributed by atoms with E-state index in [1.54, 1.807) is 4.90 Å². The zero-order valence-corrected chi connectivity index (χ0v) is 14.3. The van der Waals surface area contributed by atoms with Crippen molar-refractivity contribution in [3.63, 3.8) is 0 Å². The molecule has 1 saturated heterocycles. The van der Waals surface area contributed by atoms with E-state index >= 15 is 0 Å². The predicted molar refractivity (Wildman–Crippen MR) is 96.2 cm³/mol. The maximum atomic E-state index is 13.8. The number of carbonyl (C=O) groups excluding carboxylic acids is 1. The Bertz CT molecular complexity index is 902. The summed E-state index contributed by atoms with van der Waals surface area (Å²) in [5, 5.41) is 0. The Hall–Kier alpha value is -2.73. The lowest BCUT2D eigenvalue weighted by atomic mass is 10.1. The number of halogens is 1. The van der Waals surface area contributed by atoms with Gasteiger partial charge in [0.1, 0.15) is 11.3 Å². The van der Waals surface area contributed by atoms with Crippen LogP contribution >= 0.6 is 0 Å². The molecule has 1 fully saturated rings. The van der Waals surface area contributed by atoms with E-state index in [0.29, 0.717) is 36.3 Å². The minimum atomic E-state index is -0.439. The first-order valence-electron chi connectivity index (χ1n) is 8.78. The molecule has 0 radical (unpaired) electrons. The minimum absolute atomic E-state index is 0.136. The van der Waals surface area contributed by atoms with Crippen LogP contribution < -0.4 is 0 Å². The summed E-state index contributed by atoms with van der Waals surface area (Å²) in [5.74, 6) is -0.616. The Morgan fingerprint density at radius 3 is 2.77 bits per heavy atom. The largest absolute Gasteiger partial charge is 0.373 e. The molecule has 3 aromatic rings. The Morgan fingerprint density at radius 2 is 2.00 bits per heavy atom. The molecule has 134 valence electrons. The Labute approximate surface area is 150 Å². The Balaban J connectivity index is 1.38. The van der Waals surface area contributed by atoms with Crippen LogP contribution in [0.15, 0.2) is 48.8 Å². The number of nitrogens with one attached hydrogen (secondary N) is 1. The average Bonchev–Trinajstić information content (AvgIpc) is 3.15. The number of benzene rings is 2. The van der Waals surface area contributed by atoms with Crippen molar-refractivity contribution < 1.29 is 13.9 Å². The van der Waals surface area contributed by atoms with E-state index in [2.05, 4.69) is 9.97 Å². The Morgan fingerprint density at radius 1 is 1.23 bits per heavy atom. The third kappa shape index (κ3) is 3.46. The van der Waals surface area contributed by atoms with Gasteiger partial charge < -0.3 is 14.6 Å². The number of nitrogens with zero attached hydrogens (tertiary/aromatic N) is 2. The molecule has 5 nitrogen and oxygen atoms in total. The number of piperidine rings is 1. The highest BCUT2D eigenvalue weighted by molar-refractivity contribution is 6.04. The summed E-state index contributed by atoms with van der Waals surface area (Å²) >= 11 is 0. The number of amides is 1. The second-order valence-electron chi connectivity index (χ2n) is 6.54. The van der Waals surface area contributed by atoms with Crippen molar-refractivity contribution in [1.29, 1.82) is 0 Å². The fourth-order valence-corrected chi connectivity index (χ4v) is 3.36. The lowest BCUT2D eigenvalue weighted by Gasteiger charge is -2.32. The molecule has 0 unspecified atom stereocenters. The first kappa shape index (κ1) is 16.7. The highest BCUT2D eigenvalue weighted by atomic mass is 19.1. The van der Waals surface area contributed by atoms with Crippen LogP contribution in [0.5, 0.6) is 0 Å². The summed E-state index contributed by atoms with van der Waals surface area (Å²) < 4.78 is 19.8. The number of aromatic nitrogens is 2. The number of aromatic amines is 1. The van der Waals surface area contributed by atoms with Crippen molar-refractivity contribution in [1.82, 2.24) is 14.9 Å². The summed E-state index contributed by atoms with van der Waals surface area (Å²) in [6.45, 7) is 1.78. The lowest BCUT2D eigenvalue weighted by molar-refractivity contribution is -0.000348. The lowest BCUT2D eigenvalue weighted by Crippen LogP contribution is -2.41. The van der Waals surface area contributed by atoms with Gasteiger partial charge in [0.05, 0.1) is 30.1 Å². The number of H-pyrrole nitrogens is 1. The van der Waals surface area contributed by atoms with Gasteiger partial charge in [-0.25, -0.2) is 9.37 Å². The first-order chi connectivity index (χ1) is 12.7. The molecule has 2 heterocycles. The van der Waals surface area contributed by atoms with Gasteiger partial charge in [0.2, 0.25) is 0 Å². The van der Waals surface area contributed by atoms with E-state index in [1.807, 2.05) is 30.3 Å². The van der Waals surface area contributed by atoms with E-state index in [1.165, 1.54) is 18.5 Å². The van der Waals surface area contributed by atoms with Gasteiger partial charge in [-0.2, -0.15) is 0 Å². The molecule has 0 saturated carbocycles. The van der Waals surface area contributed by atoms with E-state index in [4.69, 9.17) is 4.74 Å². The van der Waals surface area contributed by atoms with E-state index < -0.39 is 5.82 Å². The first-order valence-corrected chi connectivity index (χ1v) is 8.78. The molecule has 1 amide bonds. The van der Waals surface area contributed by atoms with Crippen LogP contribution in [-0.2, 0) is 11.3 Å². The number of rotatable bonds is 4. The molecule has 1 aromatic heterocycles. The van der Waals surface area contributed by atoms with Crippen molar-refractivity contribution in [2.24, 2.45) is 0 Å². The zero-order chi connectivity index (χ0) is 17.9. The average molecular weight is 353 g/mol. The molecule has 1 aliphatic heterocycles. The number of hydrogen-bond donors (Lipinski definition) is 1. The summed E-state index contributed by atoms with van der Waals surface area (Å²) in [6.07, 6.45) is 3.16. The smallest absolute Gasteiger partial charge is 0.256 e. The van der Waals surface area contributed by atoms with Gasteiger partial charge in [-0.3, -0.25) is 4.79 Å². The summed E-state index contributed by atoms with van der Waals surface area (Å²) in [6, 6.07) is 12.7. The molecule has 0 aliphatic carbocycles. The van der Waals surface area contributed by atoms with Crippen LogP contribution in [0, 0.1) is 5.82 Å². The molecule has 0 bridgehead atoms. The Kier molecular flexibility index (Phi) is 4.67. The van der Waals surface area contributed by atoms with Gasteiger partial charge in [-0.05, 0) is 30.5 Å². The van der Waals surface area contributed by atoms with Gasteiger partial charge in [-0.15, -0.1) is 0 Å². The zero-order valence-electron chi connectivity index (χ0n) is 14.3. The topological polar surface area (TPSA) is 58.2 Å². The predicted octanol–water partition coefficient (Wildman–Crippen LogP) is 3.52. The van der Waals surface area contributed by atoms with Crippen LogP contribution in [-0.4, -0.2) is 40.0 Å². The van der Waals surface area contributed by atoms with Gasteiger partial charge >= 0.3 is 0 Å². The summed E-state index contributed by atoms with van der Waals surface area (Å²) in [5.41, 5.74) is 2.50. The number of fused-ring (bicyclic) bond motifs is 1. The third-order valence-corrected chi connectivity index (χ3v) is 4.78. The van der Waals surface area contributed by atoms with Crippen LogP contribution in [0.2, 0.25) is 0 Å². The van der Waals surface area contributed by atoms with Crippen molar-refractivity contribution in [2.45, 2.75) is 25.6 Å². The van der Waals surface area contributed by atoms with Crippen molar-refractivity contribution >= 4 is 16.9 Å². The highest BCUT2D eigenvalue weighted by Gasteiger charge is 2.26. The van der Waals surface area contributed by atoms with E-state index in [9.17, 15) is 9.18 Å². The third-order valence-electron chi connectivity index (χ3n) is 4.78. The van der Waals surface area contributed by atoms with Crippen LogP contribution in [0.25, 0.3) is 11.0 Å². The molecule has 6 heteroatoms. The molecular formula is C20H20FN3O2. The normalized spacial score (nSPS) is 15.5. The van der Waals surface area contributed by atoms with Crippen molar-refractivity contribution in [3.8, 4) is 0 Å². The molecule has 4 rings (SSSR count). The molecule has 1 N–H and O–H groups in total. The fraction of sp³-hybridized carbons (Fsp3) is 0.300. The maximum absolute atomic E-state index is 13.8. The van der Waals surface area contributed by atoms with Crippen molar-refractivity contribution in [2.75, 3.05) is 13.1 Å². The fourth-order valence-electron chi connectivity index (χ4n) is 3.36. The van der Waals surface area contributed by atoms with Crippen molar-refractivity contribution in [3.05, 3.63) is 65.7 Å². The summed E-state index contributed by atoms with van der Waals surface area (Å²) in [4.78, 5) is 21.6. The quantitative estimate of drug-likeness (QED) is 0.781. The number of imidazole rings is 1. The molecule has 1 aliphatic rings. The number of likely N-dealkylation sites (tertiary alicyclic amines) is 1. The second-order valence-corrected chi connectivity index (χ2v) is 6.54. The number of hydrogen-bond acceptors (Lipinski definition) is 3. The van der Waals surface area contributed by atoms with Gasteiger partial charge in [-0.1, -0.05) is 30.3 Å². The maximum Gasteiger partial charge on any atom is 0.256 e. The van der Waals surface area contributed by atoms with Gasteiger partial charge in [0.25, 0.3) is 5.91 Å². The SMILES string of the molecule is O=C(c1cc(F)cc2[nH]cnc12)N1CCC(OCc2ccccc2)CC1. The van der Waals surface area contributed by atoms with Gasteiger partial charge in [0.15, 0.2) is 0 Å². The van der Waals surface area contributed by atoms with Gasteiger partial charge in [0, 0.05) is 13.1 Å².